The van der Waals surface area contributed by atoms with Crippen LogP contribution in [0.4, 0.5) is 5.69 Å². The number of aromatic carboxylic acids is 1. The molecule has 55 heavy (non-hydrogen) atoms. The molecule has 2 saturated carbocycles. The Morgan fingerprint density at radius 2 is 1.56 bits per heavy atom. The van der Waals surface area contributed by atoms with Crippen molar-refractivity contribution in [3.63, 3.8) is 0 Å². The van der Waals surface area contributed by atoms with Gasteiger partial charge in [0.1, 0.15) is 35.0 Å². The monoisotopic (exact) mass is 750 g/mol. The third kappa shape index (κ3) is 7.34. The number of hydrogen-bond donors (Lipinski definition) is 2. The molecule has 4 aliphatic rings. The van der Waals surface area contributed by atoms with Gasteiger partial charge in [-0.3, -0.25) is 9.69 Å². The van der Waals surface area contributed by atoms with E-state index in [1.165, 1.54) is 13.2 Å². The van der Waals surface area contributed by atoms with Crippen LogP contribution in [0.25, 0.3) is 0 Å². The zero-order valence-electron chi connectivity index (χ0n) is 33.1. The Bertz CT molecular complexity index is 1930. The summed E-state index contributed by atoms with van der Waals surface area (Å²) in [4.78, 5) is 30.0. The lowest BCUT2D eigenvalue weighted by atomic mass is 9.49. The van der Waals surface area contributed by atoms with Crippen molar-refractivity contribution in [3.8, 4) is 23.3 Å². The molecule has 1 spiro atoms. The van der Waals surface area contributed by atoms with Crippen molar-refractivity contribution in [1.29, 1.82) is 5.26 Å². The Morgan fingerprint density at radius 3 is 2.16 bits per heavy atom. The van der Waals surface area contributed by atoms with Crippen molar-refractivity contribution in [2.75, 3.05) is 44.8 Å². The van der Waals surface area contributed by atoms with Gasteiger partial charge in [-0.25, -0.2) is 4.79 Å². The van der Waals surface area contributed by atoms with E-state index in [-0.39, 0.29) is 46.2 Å². The van der Waals surface area contributed by atoms with Gasteiger partial charge in [0.25, 0.3) is 5.91 Å². The van der Waals surface area contributed by atoms with Gasteiger partial charge in [0.2, 0.25) is 0 Å². The fourth-order valence-corrected chi connectivity index (χ4v) is 9.85. The summed E-state index contributed by atoms with van der Waals surface area (Å²) >= 11 is 0. The predicted molar refractivity (Wildman–Crippen MR) is 209 cm³/mol. The number of carboxylic acid groups (broad SMARTS) is 1. The van der Waals surface area contributed by atoms with Crippen molar-refractivity contribution in [2.45, 2.75) is 97.1 Å². The lowest BCUT2D eigenvalue weighted by molar-refractivity contribution is -0.164. The molecular formula is C44H54N4O7. The summed E-state index contributed by atoms with van der Waals surface area (Å²) in [5.74, 6) is 0.564. The summed E-state index contributed by atoms with van der Waals surface area (Å²) in [5, 5.41) is 22.2. The molecule has 0 atom stereocenters. The van der Waals surface area contributed by atoms with Gasteiger partial charge in [-0.2, -0.15) is 5.26 Å². The number of piperidine rings is 1. The lowest BCUT2D eigenvalue weighted by Crippen LogP contribution is -2.74. The minimum Gasteiger partial charge on any atom is -0.496 e. The van der Waals surface area contributed by atoms with E-state index in [9.17, 15) is 20.0 Å². The van der Waals surface area contributed by atoms with E-state index in [0.717, 1.165) is 81.0 Å². The highest BCUT2D eigenvalue weighted by molar-refractivity contribution is 5.95. The second-order valence-electron chi connectivity index (χ2n) is 17.2. The van der Waals surface area contributed by atoms with Crippen LogP contribution in [0, 0.1) is 36.0 Å². The third-order valence-corrected chi connectivity index (χ3v) is 12.7. The van der Waals surface area contributed by atoms with Gasteiger partial charge in [0, 0.05) is 79.3 Å². The van der Waals surface area contributed by atoms with Gasteiger partial charge in [-0.05, 0) is 86.3 Å². The van der Waals surface area contributed by atoms with Crippen molar-refractivity contribution in [1.82, 2.24) is 10.2 Å². The van der Waals surface area contributed by atoms with Crippen molar-refractivity contribution in [2.24, 2.45) is 10.8 Å². The fourth-order valence-electron chi connectivity index (χ4n) is 9.85. The molecule has 11 nitrogen and oxygen atoms in total. The molecule has 2 N–H and O–H groups in total. The maximum absolute atomic E-state index is 13.6. The van der Waals surface area contributed by atoms with Gasteiger partial charge >= 0.3 is 5.97 Å². The van der Waals surface area contributed by atoms with E-state index in [0.29, 0.717) is 28.7 Å². The summed E-state index contributed by atoms with van der Waals surface area (Å²) in [6.07, 6.45) is 3.68. The average Bonchev–Trinajstić information content (AvgIpc) is 3.14. The number of carboxylic acids is 1. The first-order valence-electron chi connectivity index (χ1n) is 19.4. The zero-order chi connectivity index (χ0) is 39.3. The van der Waals surface area contributed by atoms with Gasteiger partial charge < -0.3 is 34.3 Å². The van der Waals surface area contributed by atoms with Crippen LogP contribution in [0.1, 0.15) is 90.8 Å². The van der Waals surface area contributed by atoms with E-state index in [4.69, 9.17) is 18.9 Å². The van der Waals surface area contributed by atoms with Crippen molar-refractivity contribution < 1.29 is 33.6 Å². The van der Waals surface area contributed by atoms with E-state index in [2.05, 4.69) is 61.0 Å². The maximum Gasteiger partial charge on any atom is 0.339 e. The largest absolute Gasteiger partial charge is 0.496 e. The molecule has 4 fully saturated rings. The van der Waals surface area contributed by atoms with Gasteiger partial charge in [-0.15, -0.1) is 0 Å². The summed E-state index contributed by atoms with van der Waals surface area (Å²) in [5.41, 5.74) is 3.57. The third-order valence-electron chi connectivity index (χ3n) is 12.7. The second kappa shape index (κ2) is 14.7. The molecule has 0 aromatic heterocycles. The molecule has 11 heteroatoms. The summed E-state index contributed by atoms with van der Waals surface area (Å²) in [6, 6.07) is 19.3. The van der Waals surface area contributed by atoms with E-state index in [1.54, 1.807) is 12.1 Å². The number of anilines is 1. The number of nitrogens with one attached hydrogen (secondary N) is 1. The maximum atomic E-state index is 13.6. The van der Waals surface area contributed by atoms with Crippen LogP contribution in [0.15, 0.2) is 54.6 Å². The first-order valence-corrected chi connectivity index (χ1v) is 19.4. The predicted octanol–water partition coefficient (Wildman–Crippen LogP) is 6.78. The Morgan fingerprint density at radius 1 is 0.909 bits per heavy atom. The summed E-state index contributed by atoms with van der Waals surface area (Å²) < 4.78 is 24.5. The highest BCUT2D eigenvalue weighted by Gasteiger charge is 2.64. The number of ether oxygens (including phenoxy) is 4. The quantitative estimate of drug-likeness (QED) is 0.229. The lowest BCUT2D eigenvalue weighted by Gasteiger charge is -2.63. The first kappa shape index (κ1) is 38.5. The number of nitrogens with zero attached hydrogens (tertiary/aromatic N) is 3. The number of morpholine rings is 1. The molecule has 0 radical (unpaired) electrons. The number of carbonyl (C=O) groups is 2. The van der Waals surface area contributed by atoms with Crippen molar-refractivity contribution >= 4 is 17.6 Å². The highest BCUT2D eigenvalue weighted by atomic mass is 16.5. The molecule has 292 valence electrons. The molecule has 0 unspecified atom stereocenters. The van der Waals surface area contributed by atoms with Crippen LogP contribution in [-0.2, 0) is 4.74 Å². The molecule has 0 bridgehead atoms. The number of hydrogen-bond acceptors (Lipinski definition) is 9. The topological polar surface area (TPSA) is 134 Å². The second-order valence-corrected chi connectivity index (χ2v) is 17.2. The minimum absolute atomic E-state index is 0.0857. The summed E-state index contributed by atoms with van der Waals surface area (Å²) in [6.45, 7) is 16.7. The van der Waals surface area contributed by atoms with Crippen LogP contribution >= 0.6 is 0 Å². The fraction of sp³-hybridized carbons (Fsp3) is 0.523. The van der Waals surface area contributed by atoms with Crippen LogP contribution < -0.4 is 24.4 Å². The first-order chi connectivity index (χ1) is 26.1. The Balaban J connectivity index is 0.892. The number of carbonyl (C=O) groups excluding carboxylic acids is 1. The molecule has 1 amide bonds. The standard InChI is InChI=1S/C44H54N4O7/c1-27-20-33(21-28(2)36(27)25-45)55-41-42(3,4)40(43(41,5)6)46-38(49)29-8-10-30(11-9-29)47-16-14-44(15-17-47)26-48(18-19-53-44)31-22-34(23-31)54-32-12-13-35(39(50)51)37(24-32)52-7/h8-13,20-21,24,31,34,40-41H,14-19,22-23,26H2,1-7H3,(H,46,49)(H,50,51). The zero-order valence-corrected chi connectivity index (χ0v) is 33.1. The molecule has 7 rings (SSSR count). The minimum atomic E-state index is -1.02. The average molecular weight is 751 g/mol. The smallest absolute Gasteiger partial charge is 0.339 e. The SMILES string of the molecule is COc1cc(OC2CC(N3CCOC4(CCN(c5ccc(C(=O)NC6C(C)(C)C(Oc7cc(C)c(C#N)c(C)c7)C6(C)C)cc5)CC4)C3)C2)ccc1C(=O)O. The van der Waals surface area contributed by atoms with E-state index >= 15 is 0 Å². The molecule has 2 saturated heterocycles. The van der Waals surface area contributed by atoms with Crippen LogP contribution in [0.2, 0.25) is 0 Å². The van der Waals surface area contributed by atoms with E-state index in [1.807, 2.05) is 38.1 Å². The van der Waals surface area contributed by atoms with Crippen LogP contribution in [0.3, 0.4) is 0 Å². The Hall–Kier alpha value is -4.79. The van der Waals surface area contributed by atoms with Crippen LogP contribution in [-0.4, -0.2) is 91.7 Å². The van der Waals surface area contributed by atoms with Crippen LogP contribution in [0.5, 0.6) is 17.2 Å². The molecule has 3 aromatic carbocycles. The number of methoxy groups -OCH3 is 1. The van der Waals surface area contributed by atoms with Gasteiger partial charge in [-0.1, -0.05) is 27.7 Å². The van der Waals surface area contributed by atoms with Gasteiger partial charge in [0.15, 0.2) is 0 Å². The Labute approximate surface area is 324 Å². The number of benzene rings is 3. The number of nitriles is 1. The van der Waals surface area contributed by atoms with Crippen molar-refractivity contribution in [3.05, 3.63) is 82.4 Å². The summed E-state index contributed by atoms with van der Waals surface area (Å²) in [7, 11) is 1.46. The number of aryl methyl sites for hydroxylation is 2. The molecule has 3 aromatic rings. The molecule has 2 aliphatic heterocycles. The molecule has 2 heterocycles. The number of amides is 1. The molecule has 2 aliphatic carbocycles. The number of rotatable bonds is 10. The normalized spacial score (nSPS) is 25.2. The van der Waals surface area contributed by atoms with E-state index < -0.39 is 5.97 Å². The molecular weight excluding hydrogens is 697 g/mol. The highest BCUT2D eigenvalue weighted by Crippen LogP contribution is 2.55. The van der Waals surface area contributed by atoms with Gasteiger partial charge in [0.05, 0.1) is 31.0 Å². The Kier molecular flexibility index (Phi) is 10.3.